The zero-order chi connectivity index (χ0) is 19.6. The quantitative estimate of drug-likeness (QED) is 0.806. The molecule has 1 N–H and O–H groups in total. The molecule has 2 aromatic rings. The van der Waals surface area contributed by atoms with E-state index >= 15 is 0 Å². The van der Waals surface area contributed by atoms with Crippen molar-refractivity contribution >= 4 is 33.4 Å². The number of imide groups is 1. The number of urea groups is 1. The fourth-order valence-electron chi connectivity index (χ4n) is 2.79. The number of hydrogen-bond acceptors (Lipinski definition) is 6. The molecule has 0 saturated heterocycles. The molecule has 0 bridgehead atoms. The van der Waals surface area contributed by atoms with Crippen LogP contribution >= 0.6 is 0 Å². The fraction of sp³-hybridized carbons (Fsp3) is 0.167. The molecule has 0 saturated carbocycles. The van der Waals surface area contributed by atoms with Gasteiger partial charge in [-0.05, 0) is 24.3 Å². The van der Waals surface area contributed by atoms with Gasteiger partial charge in [-0.15, -0.1) is 0 Å². The summed E-state index contributed by atoms with van der Waals surface area (Å²) in [6.45, 7) is 0. The number of esters is 1. The van der Waals surface area contributed by atoms with Crippen molar-refractivity contribution in [3.8, 4) is 0 Å². The molecule has 1 aliphatic heterocycles. The van der Waals surface area contributed by atoms with Crippen LogP contribution in [0.1, 0.15) is 16.8 Å². The Kier molecular flexibility index (Phi) is 4.95. The molecule has 0 aliphatic carbocycles. The van der Waals surface area contributed by atoms with Crippen LogP contribution in [0.15, 0.2) is 59.5 Å². The smallest absolute Gasteiger partial charge is 0.330 e. The maximum atomic E-state index is 13.0. The van der Waals surface area contributed by atoms with Gasteiger partial charge < -0.3 is 10.1 Å². The molecule has 140 valence electrons. The molecule has 27 heavy (non-hydrogen) atoms. The van der Waals surface area contributed by atoms with E-state index in [1.807, 2.05) is 0 Å². The van der Waals surface area contributed by atoms with Crippen LogP contribution in [0.2, 0.25) is 0 Å². The van der Waals surface area contributed by atoms with Crippen LogP contribution in [-0.4, -0.2) is 43.7 Å². The zero-order valence-electron chi connectivity index (χ0n) is 14.3. The third-order valence-corrected chi connectivity index (χ3v) is 6.16. The summed E-state index contributed by atoms with van der Waals surface area (Å²) in [4.78, 5) is 37.7. The second kappa shape index (κ2) is 7.20. The first-order chi connectivity index (χ1) is 12.9. The van der Waals surface area contributed by atoms with Crippen molar-refractivity contribution in [2.75, 3.05) is 12.4 Å². The molecule has 8 nitrogen and oxygen atoms in total. The number of nitrogens with zero attached hydrogens (tertiary/aromatic N) is 1. The third kappa shape index (κ3) is 3.41. The Morgan fingerprint density at radius 1 is 1.07 bits per heavy atom. The lowest BCUT2D eigenvalue weighted by atomic mass is 10.2. The van der Waals surface area contributed by atoms with E-state index in [2.05, 4.69) is 10.1 Å². The van der Waals surface area contributed by atoms with Crippen LogP contribution in [0, 0.1) is 0 Å². The van der Waals surface area contributed by atoms with E-state index in [-0.39, 0.29) is 10.5 Å². The minimum atomic E-state index is -4.16. The van der Waals surface area contributed by atoms with Gasteiger partial charge in [0.2, 0.25) is 9.84 Å². The van der Waals surface area contributed by atoms with Crippen molar-refractivity contribution < 1.29 is 27.5 Å². The van der Waals surface area contributed by atoms with Crippen LogP contribution < -0.4 is 5.32 Å². The average Bonchev–Trinajstić information content (AvgIpc) is 2.67. The number of carbonyl (C=O) groups is 3. The second-order valence-electron chi connectivity index (χ2n) is 5.75. The summed E-state index contributed by atoms with van der Waals surface area (Å²) in [5, 5.41) is 0.783. The van der Waals surface area contributed by atoms with Gasteiger partial charge in [0.25, 0.3) is 5.91 Å². The number of fused-ring (bicyclic) bond motifs is 1. The SMILES string of the molecule is COC(=O)CC1N(C(=O)Nc2ccccc2)C(=O)c2ccccc2S1(=O)=O. The highest BCUT2D eigenvalue weighted by atomic mass is 32.2. The Hall–Kier alpha value is -3.20. The largest absolute Gasteiger partial charge is 0.469 e. The zero-order valence-corrected chi connectivity index (χ0v) is 15.1. The molecule has 1 heterocycles. The predicted octanol–water partition coefficient (Wildman–Crippen LogP) is 2.04. The normalized spacial score (nSPS) is 17.7. The lowest BCUT2D eigenvalue weighted by Crippen LogP contribution is -2.54. The monoisotopic (exact) mass is 388 g/mol. The first-order valence-electron chi connectivity index (χ1n) is 7.95. The van der Waals surface area contributed by atoms with E-state index in [4.69, 9.17) is 0 Å². The van der Waals surface area contributed by atoms with Gasteiger partial charge in [-0.3, -0.25) is 9.59 Å². The number of amides is 3. The Bertz CT molecular complexity index is 1000. The van der Waals surface area contributed by atoms with Gasteiger partial charge in [0, 0.05) is 5.69 Å². The highest BCUT2D eigenvalue weighted by molar-refractivity contribution is 7.92. The molecule has 3 amide bonds. The molecule has 0 fully saturated rings. The molecule has 1 aliphatic rings. The van der Waals surface area contributed by atoms with Crippen molar-refractivity contribution in [2.45, 2.75) is 16.7 Å². The van der Waals surface area contributed by atoms with Gasteiger partial charge in [-0.2, -0.15) is 0 Å². The first kappa shape index (κ1) is 18.6. The summed E-state index contributed by atoms with van der Waals surface area (Å²) >= 11 is 0. The number of sulfone groups is 1. The molecule has 0 radical (unpaired) electrons. The summed E-state index contributed by atoms with van der Waals surface area (Å²) in [5.74, 6) is -1.66. The minimum Gasteiger partial charge on any atom is -0.469 e. The Balaban J connectivity index is 2.07. The van der Waals surface area contributed by atoms with Gasteiger partial charge in [0.1, 0.15) is 0 Å². The second-order valence-corrected chi connectivity index (χ2v) is 7.82. The summed E-state index contributed by atoms with van der Waals surface area (Å²) in [6.07, 6.45) is -0.666. The maximum absolute atomic E-state index is 13.0. The Labute approximate surface area is 155 Å². The lowest BCUT2D eigenvalue weighted by Gasteiger charge is -2.33. The van der Waals surface area contributed by atoms with Crippen LogP contribution in [0.3, 0.4) is 0 Å². The molecular weight excluding hydrogens is 372 g/mol. The Morgan fingerprint density at radius 2 is 1.70 bits per heavy atom. The molecule has 3 rings (SSSR count). The number of nitrogens with one attached hydrogen (secondary N) is 1. The summed E-state index contributed by atoms with van der Waals surface area (Å²) in [6, 6.07) is 12.9. The number of ether oxygens (including phenoxy) is 1. The molecule has 1 unspecified atom stereocenters. The van der Waals surface area contributed by atoms with Crippen molar-refractivity contribution in [3.63, 3.8) is 0 Å². The lowest BCUT2D eigenvalue weighted by molar-refractivity contribution is -0.141. The average molecular weight is 388 g/mol. The van der Waals surface area contributed by atoms with Crippen LogP contribution in [0.25, 0.3) is 0 Å². The van der Waals surface area contributed by atoms with Gasteiger partial charge in [0.15, 0.2) is 5.37 Å². The number of rotatable bonds is 3. The van der Waals surface area contributed by atoms with Crippen molar-refractivity contribution in [3.05, 3.63) is 60.2 Å². The van der Waals surface area contributed by atoms with Crippen molar-refractivity contribution in [2.24, 2.45) is 0 Å². The van der Waals surface area contributed by atoms with Crippen LogP contribution in [0.5, 0.6) is 0 Å². The standard InChI is InChI=1S/C18H16N2O6S/c1-26-16(21)11-15-20(18(23)19-12-7-3-2-4-8-12)17(22)13-9-5-6-10-14(13)27(15,24)25/h2-10,15H,11H2,1H3,(H,19,23). The number of anilines is 1. The molecule has 0 spiro atoms. The third-order valence-electron chi connectivity index (χ3n) is 4.10. The summed E-state index contributed by atoms with van der Waals surface area (Å²) < 4.78 is 30.5. The van der Waals surface area contributed by atoms with E-state index in [1.54, 1.807) is 30.3 Å². The maximum Gasteiger partial charge on any atom is 0.330 e. The number of carbonyl (C=O) groups excluding carboxylic acids is 3. The number of benzene rings is 2. The van der Waals surface area contributed by atoms with E-state index in [0.717, 1.165) is 7.11 Å². The van der Waals surface area contributed by atoms with Crippen molar-refractivity contribution in [1.82, 2.24) is 4.90 Å². The number of para-hydroxylation sites is 1. The van der Waals surface area contributed by atoms with Gasteiger partial charge >= 0.3 is 12.0 Å². The molecule has 9 heteroatoms. The Morgan fingerprint density at radius 3 is 2.37 bits per heavy atom. The van der Waals surface area contributed by atoms with Gasteiger partial charge in [0.05, 0.1) is 24.0 Å². The molecule has 0 aromatic heterocycles. The number of hydrogen-bond donors (Lipinski definition) is 1. The fourth-order valence-corrected chi connectivity index (χ4v) is 4.64. The minimum absolute atomic E-state index is 0.123. The number of methoxy groups -OCH3 is 1. The molecule has 2 aromatic carbocycles. The predicted molar refractivity (Wildman–Crippen MR) is 95.7 cm³/mol. The van der Waals surface area contributed by atoms with E-state index in [9.17, 15) is 22.8 Å². The van der Waals surface area contributed by atoms with Crippen LogP contribution in [-0.2, 0) is 19.4 Å². The molecule has 1 atom stereocenters. The van der Waals surface area contributed by atoms with Crippen LogP contribution in [0.4, 0.5) is 10.5 Å². The van der Waals surface area contributed by atoms with Crippen molar-refractivity contribution in [1.29, 1.82) is 0 Å². The van der Waals surface area contributed by atoms with E-state index < -0.39 is 39.5 Å². The first-order valence-corrected chi connectivity index (χ1v) is 9.50. The topological polar surface area (TPSA) is 110 Å². The van der Waals surface area contributed by atoms with E-state index in [1.165, 1.54) is 24.3 Å². The highest BCUT2D eigenvalue weighted by Crippen LogP contribution is 2.32. The molecular formula is C18H16N2O6S. The highest BCUT2D eigenvalue weighted by Gasteiger charge is 2.47. The van der Waals surface area contributed by atoms with Gasteiger partial charge in [-0.25, -0.2) is 18.1 Å². The summed E-state index contributed by atoms with van der Waals surface area (Å²) in [7, 11) is -3.06. The summed E-state index contributed by atoms with van der Waals surface area (Å²) in [5.41, 5.74) is 0.255. The van der Waals surface area contributed by atoms with Gasteiger partial charge in [-0.1, -0.05) is 30.3 Å². The van der Waals surface area contributed by atoms with E-state index in [0.29, 0.717) is 10.6 Å².